The van der Waals surface area contributed by atoms with E-state index in [0.717, 1.165) is 19.4 Å². The van der Waals surface area contributed by atoms with Crippen LogP contribution in [0.5, 0.6) is 0 Å². The van der Waals surface area contributed by atoms with Crippen molar-refractivity contribution in [1.82, 2.24) is 10.3 Å². The molecule has 0 bridgehead atoms. The monoisotopic (exact) mass is 282 g/mol. The van der Waals surface area contributed by atoms with Gasteiger partial charge in [-0.3, -0.25) is 0 Å². The molecule has 19 heavy (non-hydrogen) atoms. The van der Waals surface area contributed by atoms with Crippen LogP contribution < -0.4 is 5.32 Å². The van der Waals surface area contributed by atoms with Crippen LogP contribution in [0.3, 0.4) is 0 Å². The van der Waals surface area contributed by atoms with Gasteiger partial charge in [0.05, 0.1) is 5.01 Å². The van der Waals surface area contributed by atoms with Gasteiger partial charge in [0.2, 0.25) is 0 Å². The highest BCUT2D eigenvalue weighted by Crippen LogP contribution is 2.36. The van der Waals surface area contributed by atoms with Gasteiger partial charge in [-0.05, 0) is 32.6 Å². The number of aliphatic hydroxyl groups excluding tert-OH is 1. The van der Waals surface area contributed by atoms with Crippen LogP contribution >= 0.6 is 11.3 Å². The van der Waals surface area contributed by atoms with Crippen molar-refractivity contribution in [1.29, 1.82) is 0 Å². The zero-order valence-corrected chi connectivity index (χ0v) is 12.9. The number of nitrogens with zero attached hydrogens (tertiary/aromatic N) is 1. The van der Waals surface area contributed by atoms with Gasteiger partial charge >= 0.3 is 0 Å². The summed E-state index contributed by atoms with van der Waals surface area (Å²) in [5.74, 6) is 0.716. The molecule has 108 valence electrons. The number of hydrogen-bond donors (Lipinski definition) is 2. The SMILES string of the molecule is CCC(C)(CCO)NCc1cnc(C2CCCC2)s1. The highest BCUT2D eigenvalue weighted by molar-refractivity contribution is 7.11. The molecule has 0 spiro atoms. The average molecular weight is 282 g/mol. The number of rotatable bonds is 7. The third kappa shape index (κ3) is 4.01. The van der Waals surface area contributed by atoms with E-state index < -0.39 is 0 Å². The predicted octanol–water partition coefficient (Wildman–Crippen LogP) is 3.44. The molecule has 1 atom stereocenters. The Morgan fingerprint density at radius 3 is 2.84 bits per heavy atom. The number of nitrogens with one attached hydrogen (secondary N) is 1. The highest BCUT2D eigenvalue weighted by atomic mass is 32.1. The van der Waals surface area contributed by atoms with E-state index in [9.17, 15) is 0 Å². The molecule has 1 aromatic heterocycles. The van der Waals surface area contributed by atoms with Crippen molar-refractivity contribution >= 4 is 11.3 Å². The van der Waals surface area contributed by atoms with Crippen LogP contribution in [0.15, 0.2) is 6.20 Å². The van der Waals surface area contributed by atoms with Crippen molar-refractivity contribution in [2.24, 2.45) is 0 Å². The van der Waals surface area contributed by atoms with Crippen molar-refractivity contribution in [3.05, 3.63) is 16.1 Å². The molecule has 1 heterocycles. The van der Waals surface area contributed by atoms with E-state index in [0.29, 0.717) is 5.92 Å². The van der Waals surface area contributed by atoms with Gasteiger partial charge in [-0.2, -0.15) is 0 Å². The Morgan fingerprint density at radius 1 is 1.47 bits per heavy atom. The first-order chi connectivity index (χ1) is 9.17. The smallest absolute Gasteiger partial charge is 0.0959 e. The van der Waals surface area contributed by atoms with E-state index in [-0.39, 0.29) is 12.1 Å². The van der Waals surface area contributed by atoms with Gasteiger partial charge in [-0.15, -0.1) is 11.3 Å². The van der Waals surface area contributed by atoms with Crippen molar-refractivity contribution in [2.75, 3.05) is 6.61 Å². The molecule has 1 aliphatic rings. The summed E-state index contributed by atoms with van der Waals surface area (Å²) >= 11 is 1.86. The zero-order valence-electron chi connectivity index (χ0n) is 12.1. The molecule has 0 saturated heterocycles. The lowest BCUT2D eigenvalue weighted by Gasteiger charge is -2.28. The van der Waals surface area contributed by atoms with Crippen LogP contribution in [0, 0.1) is 0 Å². The number of aliphatic hydroxyl groups is 1. The lowest BCUT2D eigenvalue weighted by atomic mass is 9.95. The summed E-state index contributed by atoms with van der Waals surface area (Å²) in [6.45, 7) is 5.46. The molecular formula is C15H26N2OS. The minimum Gasteiger partial charge on any atom is -0.396 e. The van der Waals surface area contributed by atoms with Gasteiger partial charge < -0.3 is 10.4 Å². The fourth-order valence-corrected chi connectivity index (χ4v) is 3.73. The predicted molar refractivity (Wildman–Crippen MR) is 80.6 cm³/mol. The van der Waals surface area contributed by atoms with Crippen LogP contribution in [-0.2, 0) is 6.54 Å². The molecule has 0 amide bonds. The molecule has 0 aromatic carbocycles. The maximum absolute atomic E-state index is 9.13. The fourth-order valence-electron chi connectivity index (χ4n) is 2.70. The fraction of sp³-hybridized carbons (Fsp3) is 0.800. The van der Waals surface area contributed by atoms with E-state index in [1.165, 1.54) is 35.6 Å². The first-order valence-electron chi connectivity index (χ1n) is 7.47. The summed E-state index contributed by atoms with van der Waals surface area (Å²) in [6, 6.07) is 0. The zero-order chi connectivity index (χ0) is 13.7. The molecule has 0 aliphatic heterocycles. The summed E-state index contributed by atoms with van der Waals surface area (Å²) in [5, 5.41) is 14.0. The molecule has 1 unspecified atom stereocenters. The quantitative estimate of drug-likeness (QED) is 0.805. The lowest BCUT2D eigenvalue weighted by molar-refractivity contribution is 0.215. The topological polar surface area (TPSA) is 45.1 Å². The van der Waals surface area contributed by atoms with Gasteiger partial charge in [0, 0.05) is 35.7 Å². The second kappa shape index (κ2) is 6.82. The maximum atomic E-state index is 9.13. The lowest BCUT2D eigenvalue weighted by Crippen LogP contribution is -2.41. The van der Waals surface area contributed by atoms with Gasteiger partial charge in [0.1, 0.15) is 0 Å². The van der Waals surface area contributed by atoms with E-state index >= 15 is 0 Å². The van der Waals surface area contributed by atoms with Crippen molar-refractivity contribution < 1.29 is 5.11 Å². The number of thiazole rings is 1. The molecule has 2 rings (SSSR count). The standard InChI is InChI=1S/C15H26N2OS/c1-3-15(2,8-9-18)17-11-13-10-16-14(19-13)12-6-4-5-7-12/h10,12,17-18H,3-9,11H2,1-2H3. The summed E-state index contributed by atoms with van der Waals surface area (Å²) < 4.78 is 0. The highest BCUT2D eigenvalue weighted by Gasteiger charge is 2.22. The summed E-state index contributed by atoms with van der Waals surface area (Å²) in [7, 11) is 0. The first-order valence-corrected chi connectivity index (χ1v) is 8.29. The Bertz CT molecular complexity index is 387. The van der Waals surface area contributed by atoms with Crippen LogP contribution in [0.1, 0.15) is 68.2 Å². The Balaban J connectivity index is 1.89. The normalized spacial score (nSPS) is 19.7. The third-order valence-electron chi connectivity index (χ3n) is 4.41. The maximum Gasteiger partial charge on any atom is 0.0959 e. The molecule has 1 saturated carbocycles. The Hall–Kier alpha value is -0.450. The van der Waals surface area contributed by atoms with Crippen molar-refractivity contribution in [3.63, 3.8) is 0 Å². The number of hydrogen-bond acceptors (Lipinski definition) is 4. The summed E-state index contributed by atoms with van der Waals surface area (Å²) in [5.41, 5.74) is 0.0340. The molecule has 2 N–H and O–H groups in total. The largest absolute Gasteiger partial charge is 0.396 e. The van der Waals surface area contributed by atoms with Gasteiger partial charge in [-0.1, -0.05) is 19.8 Å². The average Bonchev–Trinajstić information content (AvgIpc) is 3.07. The molecule has 1 aromatic rings. The van der Waals surface area contributed by atoms with Gasteiger partial charge in [0.25, 0.3) is 0 Å². The summed E-state index contributed by atoms with van der Waals surface area (Å²) in [4.78, 5) is 5.92. The molecule has 1 aliphatic carbocycles. The molecule has 1 fully saturated rings. The Morgan fingerprint density at radius 2 is 2.21 bits per heavy atom. The van der Waals surface area contributed by atoms with E-state index in [2.05, 4.69) is 24.1 Å². The minimum absolute atomic E-state index is 0.0340. The molecule has 4 heteroatoms. The van der Waals surface area contributed by atoms with Crippen LogP contribution in [0.4, 0.5) is 0 Å². The van der Waals surface area contributed by atoms with Crippen LogP contribution in [-0.4, -0.2) is 22.2 Å². The van der Waals surface area contributed by atoms with E-state index in [4.69, 9.17) is 5.11 Å². The second-order valence-electron chi connectivity index (χ2n) is 5.89. The Kier molecular flexibility index (Phi) is 5.37. The first kappa shape index (κ1) is 14.9. The minimum atomic E-state index is 0.0340. The van der Waals surface area contributed by atoms with Gasteiger partial charge in [-0.25, -0.2) is 4.98 Å². The second-order valence-corrected chi connectivity index (χ2v) is 7.03. The Labute approximate surface area is 120 Å². The van der Waals surface area contributed by atoms with Crippen LogP contribution in [0.2, 0.25) is 0 Å². The van der Waals surface area contributed by atoms with Gasteiger partial charge in [0.15, 0.2) is 0 Å². The summed E-state index contributed by atoms with van der Waals surface area (Å²) in [6.07, 6.45) is 9.22. The molecule has 0 radical (unpaired) electrons. The van der Waals surface area contributed by atoms with E-state index in [1.54, 1.807) is 0 Å². The number of aromatic nitrogens is 1. The molecule has 3 nitrogen and oxygen atoms in total. The van der Waals surface area contributed by atoms with Crippen molar-refractivity contribution in [3.8, 4) is 0 Å². The van der Waals surface area contributed by atoms with Crippen LogP contribution in [0.25, 0.3) is 0 Å². The van der Waals surface area contributed by atoms with Crippen molar-refractivity contribution in [2.45, 2.75) is 70.4 Å². The molecular weight excluding hydrogens is 256 g/mol. The third-order valence-corrected chi connectivity index (χ3v) is 5.57. The van der Waals surface area contributed by atoms with E-state index in [1.807, 2.05) is 17.5 Å².